The molecule has 5 heteroatoms. The van der Waals surface area contributed by atoms with Crippen LogP contribution in [0.15, 0.2) is 9.32 Å². The highest BCUT2D eigenvalue weighted by Gasteiger charge is 2.24. The highest BCUT2D eigenvalue weighted by molar-refractivity contribution is 5.89. The van der Waals surface area contributed by atoms with E-state index in [2.05, 4.69) is 14.4 Å². The van der Waals surface area contributed by atoms with Gasteiger partial charge >= 0.3 is 11.6 Å². The number of H-pyrrole nitrogens is 1. The molecule has 16 heavy (non-hydrogen) atoms. The van der Waals surface area contributed by atoms with Crippen molar-refractivity contribution in [2.24, 2.45) is 5.92 Å². The summed E-state index contributed by atoms with van der Waals surface area (Å²) in [5, 5.41) is 2.53. The summed E-state index contributed by atoms with van der Waals surface area (Å²) in [5.74, 6) is -0.0837. The average Bonchev–Trinajstić information content (AvgIpc) is 2.89. The number of carbonyl (C=O) groups excluding carboxylic acids is 1. The van der Waals surface area contributed by atoms with E-state index in [1.54, 1.807) is 0 Å². The molecule has 0 bridgehead atoms. The van der Waals surface area contributed by atoms with Crippen LogP contribution in [0.25, 0.3) is 0 Å². The van der Waals surface area contributed by atoms with Crippen LogP contribution in [0.3, 0.4) is 0 Å². The molecule has 1 heterocycles. The molecule has 1 aromatic rings. The lowest BCUT2D eigenvalue weighted by Gasteiger charge is -2.06. The smallest absolute Gasteiger partial charge is 0.372 e. The summed E-state index contributed by atoms with van der Waals surface area (Å²) >= 11 is 0. The quantitative estimate of drug-likeness (QED) is 0.791. The summed E-state index contributed by atoms with van der Waals surface area (Å²) in [4.78, 5) is 22.7. The van der Waals surface area contributed by atoms with Gasteiger partial charge in [0.1, 0.15) is 0 Å². The largest absolute Gasteiger partial charge is 0.465 e. The molecule has 0 saturated heterocycles. The van der Waals surface area contributed by atoms with Gasteiger partial charge in [0.2, 0.25) is 0 Å². The molecule has 0 aliphatic heterocycles. The molecule has 0 amide bonds. The third-order valence-corrected chi connectivity index (χ3v) is 3.13. The molecule has 0 atom stereocenters. The van der Waals surface area contributed by atoms with Gasteiger partial charge in [-0.1, -0.05) is 25.7 Å². The standard InChI is InChI=1S/C11H15NO4/c1-15-10(13)9-8(12-16-11(9)14)6-7-4-2-3-5-7/h7,12H,2-6H2,1H3. The molecular weight excluding hydrogens is 210 g/mol. The minimum absolute atomic E-state index is 0.0226. The Labute approximate surface area is 92.7 Å². The van der Waals surface area contributed by atoms with Crippen LogP contribution in [-0.4, -0.2) is 18.2 Å². The maximum atomic E-state index is 11.4. The SMILES string of the molecule is COC(=O)c1c(CC2CCCC2)[nH]oc1=O. The Bertz CT molecular complexity index is 425. The van der Waals surface area contributed by atoms with E-state index in [4.69, 9.17) is 0 Å². The van der Waals surface area contributed by atoms with Crippen molar-refractivity contribution in [1.82, 2.24) is 5.16 Å². The summed E-state index contributed by atoms with van der Waals surface area (Å²) in [7, 11) is 1.26. The van der Waals surface area contributed by atoms with Crippen molar-refractivity contribution < 1.29 is 14.1 Å². The summed E-state index contributed by atoms with van der Waals surface area (Å²) < 4.78 is 9.21. The highest BCUT2D eigenvalue weighted by Crippen LogP contribution is 2.28. The first-order valence-electron chi connectivity index (χ1n) is 5.51. The third kappa shape index (κ3) is 2.03. The number of esters is 1. The van der Waals surface area contributed by atoms with Gasteiger partial charge in [0.25, 0.3) is 0 Å². The van der Waals surface area contributed by atoms with Crippen LogP contribution in [0.2, 0.25) is 0 Å². The summed E-state index contributed by atoms with van der Waals surface area (Å²) in [5.41, 5.74) is -0.0435. The number of nitrogens with one attached hydrogen (secondary N) is 1. The molecule has 1 N–H and O–H groups in total. The van der Waals surface area contributed by atoms with E-state index < -0.39 is 11.6 Å². The molecule has 1 fully saturated rings. The first kappa shape index (κ1) is 11.0. The molecule has 0 unspecified atom stereocenters. The van der Waals surface area contributed by atoms with Gasteiger partial charge in [-0.2, -0.15) is 0 Å². The zero-order valence-electron chi connectivity index (χ0n) is 9.25. The molecule has 0 radical (unpaired) electrons. The Morgan fingerprint density at radius 2 is 2.19 bits per heavy atom. The first-order chi connectivity index (χ1) is 7.72. The zero-order valence-corrected chi connectivity index (χ0v) is 9.25. The van der Waals surface area contributed by atoms with E-state index in [1.165, 1.54) is 20.0 Å². The maximum Gasteiger partial charge on any atom is 0.372 e. The monoisotopic (exact) mass is 225 g/mol. The molecule has 1 saturated carbocycles. The third-order valence-electron chi connectivity index (χ3n) is 3.13. The molecule has 1 aliphatic rings. The second-order valence-corrected chi connectivity index (χ2v) is 4.19. The predicted octanol–water partition coefficient (Wildman–Crippen LogP) is 1.49. The number of rotatable bonds is 3. The molecule has 5 nitrogen and oxygen atoms in total. The Morgan fingerprint density at radius 3 is 2.81 bits per heavy atom. The van der Waals surface area contributed by atoms with E-state index in [9.17, 15) is 9.59 Å². The Morgan fingerprint density at radius 1 is 1.50 bits per heavy atom. The minimum Gasteiger partial charge on any atom is -0.465 e. The Kier molecular flexibility index (Phi) is 3.12. The molecular formula is C11H15NO4. The number of hydrogen-bond donors (Lipinski definition) is 1. The van der Waals surface area contributed by atoms with Gasteiger partial charge in [0.05, 0.1) is 12.8 Å². The minimum atomic E-state index is -0.639. The zero-order chi connectivity index (χ0) is 11.5. The van der Waals surface area contributed by atoms with Crippen LogP contribution in [0.5, 0.6) is 0 Å². The molecule has 1 aromatic heterocycles. The van der Waals surface area contributed by atoms with Gasteiger partial charge in [-0.05, 0) is 12.3 Å². The van der Waals surface area contributed by atoms with Crippen molar-refractivity contribution >= 4 is 5.97 Å². The lowest BCUT2D eigenvalue weighted by molar-refractivity contribution is 0.0596. The highest BCUT2D eigenvalue weighted by atomic mass is 16.5. The second-order valence-electron chi connectivity index (χ2n) is 4.19. The fourth-order valence-electron chi connectivity index (χ4n) is 2.29. The number of ether oxygens (including phenoxy) is 1. The van der Waals surface area contributed by atoms with Gasteiger partial charge in [-0.3, -0.25) is 0 Å². The van der Waals surface area contributed by atoms with Crippen molar-refractivity contribution in [1.29, 1.82) is 0 Å². The fourth-order valence-corrected chi connectivity index (χ4v) is 2.29. The van der Waals surface area contributed by atoms with Crippen LogP contribution in [0.4, 0.5) is 0 Å². The van der Waals surface area contributed by atoms with Crippen molar-refractivity contribution in [2.75, 3.05) is 7.11 Å². The van der Waals surface area contributed by atoms with Crippen LogP contribution in [-0.2, 0) is 11.2 Å². The lowest BCUT2D eigenvalue weighted by atomic mass is 10.00. The molecule has 0 spiro atoms. The normalized spacial score (nSPS) is 16.6. The number of aromatic nitrogens is 1. The van der Waals surface area contributed by atoms with Gasteiger partial charge in [0, 0.05) is 0 Å². The van der Waals surface area contributed by atoms with E-state index in [0.717, 1.165) is 12.8 Å². The van der Waals surface area contributed by atoms with Crippen molar-refractivity contribution in [2.45, 2.75) is 32.1 Å². The molecule has 88 valence electrons. The van der Waals surface area contributed by atoms with E-state index >= 15 is 0 Å². The van der Waals surface area contributed by atoms with Crippen LogP contribution in [0, 0.1) is 5.92 Å². The van der Waals surface area contributed by atoms with Crippen molar-refractivity contribution in [3.63, 3.8) is 0 Å². The van der Waals surface area contributed by atoms with Crippen LogP contribution >= 0.6 is 0 Å². The topological polar surface area (TPSA) is 72.3 Å². The molecule has 2 rings (SSSR count). The lowest BCUT2D eigenvalue weighted by Crippen LogP contribution is -2.15. The number of hydrogen-bond acceptors (Lipinski definition) is 4. The van der Waals surface area contributed by atoms with Crippen LogP contribution < -0.4 is 5.63 Å². The van der Waals surface area contributed by atoms with E-state index in [1.807, 2.05) is 0 Å². The average molecular weight is 225 g/mol. The van der Waals surface area contributed by atoms with Crippen molar-refractivity contribution in [3.05, 3.63) is 21.7 Å². The molecule has 1 aliphatic carbocycles. The van der Waals surface area contributed by atoms with Crippen molar-refractivity contribution in [3.8, 4) is 0 Å². The van der Waals surface area contributed by atoms with Gasteiger partial charge in [-0.25, -0.2) is 14.7 Å². The first-order valence-corrected chi connectivity index (χ1v) is 5.51. The second kappa shape index (κ2) is 4.55. The predicted molar refractivity (Wildman–Crippen MR) is 56.3 cm³/mol. The van der Waals surface area contributed by atoms with E-state index in [-0.39, 0.29) is 5.56 Å². The summed E-state index contributed by atoms with van der Waals surface area (Å²) in [6, 6.07) is 0. The number of carbonyl (C=O) groups is 1. The maximum absolute atomic E-state index is 11.4. The Hall–Kier alpha value is -1.52. The van der Waals surface area contributed by atoms with Gasteiger partial charge in [0.15, 0.2) is 5.56 Å². The Balaban J connectivity index is 2.20. The van der Waals surface area contributed by atoms with Gasteiger partial charge < -0.3 is 9.26 Å². The van der Waals surface area contributed by atoms with E-state index in [0.29, 0.717) is 18.0 Å². The molecule has 0 aromatic carbocycles. The number of methoxy groups -OCH3 is 1. The van der Waals surface area contributed by atoms with Gasteiger partial charge in [-0.15, -0.1) is 0 Å². The fraction of sp³-hybridized carbons (Fsp3) is 0.636. The summed E-state index contributed by atoms with van der Waals surface area (Å²) in [6.07, 6.45) is 5.43. The summed E-state index contributed by atoms with van der Waals surface area (Å²) in [6.45, 7) is 0. The number of aromatic amines is 1. The van der Waals surface area contributed by atoms with Crippen LogP contribution in [0.1, 0.15) is 41.7 Å².